The fourth-order valence-electron chi connectivity index (χ4n) is 2.80. The van der Waals surface area contributed by atoms with Crippen LogP contribution in [0.1, 0.15) is 40.5 Å². The second-order valence-corrected chi connectivity index (χ2v) is 7.36. The summed E-state index contributed by atoms with van der Waals surface area (Å²) in [5, 5.41) is 3.78. The van der Waals surface area contributed by atoms with Crippen molar-refractivity contribution in [3.05, 3.63) is 0 Å². The number of nitrogens with one attached hydrogen (secondary N) is 1. The Hall–Kier alpha value is -0.120. The van der Waals surface area contributed by atoms with Gasteiger partial charge in [-0.3, -0.25) is 4.90 Å². The minimum absolute atomic E-state index is 0.279. The van der Waals surface area contributed by atoms with Crippen LogP contribution in [0.15, 0.2) is 0 Å². The minimum atomic E-state index is 0.279. The third-order valence-corrected chi connectivity index (χ3v) is 5.28. The lowest BCUT2D eigenvalue weighted by molar-refractivity contribution is 0.0589. The molecule has 1 atom stereocenters. The quantitative estimate of drug-likeness (QED) is 0.806. The lowest BCUT2D eigenvalue weighted by atomic mass is 9.97. The van der Waals surface area contributed by atoms with Gasteiger partial charge in [-0.15, -0.1) is 0 Å². The van der Waals surface area contributed by atoms with Gasteiger partial charge in [-0.25, -0.2) is 0 Å². The van der Waals surface area contributed by atoms with Gasteiger partial charge in [0.25, 0.3) is 0 Å². The van der Waals surface area contributed by atoms with Crippen LogP contribution in [0, 0.1) is 5.41 Å². The van der Waals surface area contributed by atoms with E-state index in [4.69, 9.17) is 0 Å². The van der Waals surface area contributed by atoms with Crippen molar-refractivity contribution < 1.29 is 0 Å². The van der Waals surface area contributed by atoms with Gasteiger partial charge < -0.3 is 10.2 Å². The van der Waals surface area contributed by atoms with E-state index in [9.17, 15) is 0 Å². The first kappa shape index (κ1) is 14.3. The molecule has 1 saturated carbocycles. The van der Waals surface area contributed by atoms with Crippen LogP contribution in [0.4, 0.5) is 0 Å². The zero-order chi connectivity index (χ0) is 13.4. The zero-order valence-corrected chi connectivity index (χ0v) is 12.9. The number of rotatable bonds is 5. The largest absolute Gasteiger partial charge is 0.312 e. The molecule has 106 valence electrons. The summed E-state index contributed by atoms with van der Waals surface area (Å²) < 4.78 is 0. The highest BCUT2D eigenvalue weighted by Crippen LogP contribution is 2.47. The molecule has 1 N–H and O–H groups in total. The van der Waals surface area contributed by atoms with Crippen molar-refractivity contribution in [2.24, 2.45) is 5.41 Å². The molecule has 2 rings (SSSR count). The van der Waals surface area contributed by atoms with E-state index in [1.54, 1.807) is 0 Å². The van der Waals surface area contributed by atoms with Crippen molar-refractivity contribution in [1.29, 1.82) is 0 Å². The second-order valence-electron chi connectivity index (χ2n) is 7.36. The van der Waals surface area contributed by atoms with Crippen molar-refractivity contribution >= 4 is 0 Å². The van der Waals surface area contributed by atoms with E-state index in [2.05, 4.69) is 49.9 Å². The predicted octanol–water partition coefficient (Wildman–Crippen LogP) is 1.79. The highest BCUT2D eigenvalue weighted by molar-refractivity contribution is 4.98. The molecule has 1 saturated heterocycles. The summed E-state index contributed by atoms with van der Waals surface area (Å²) in [5.74, 6) is 0. The Balaban J connectivity index is 1.79. The Labute approximate surface area is 113 Å². The van der Waals surface area contributed by atoms with Crippen LogP contribution >= 0.6 is 0 Å². The first-order chi connectivity index (χ1) is 8.33. The van der Waals surface area contributed by atoms with Gasteiger partial charge in [-0.1, -0.05) is 6.92 Å². The summed E-state index contributed by atoms with van der Waals surface area (Å²) in [5.41, 5.74) is 0.860. The molecule has 0 radical (unpaired) electrons. The van der Waals surface area contributed by atoms with Crippen molar-refractivity contribution in [3.8, 4) is 0 Å². The predicted molar refractivity (Wildman–Crippen MR) is 78.0 cm³/mol. The van der Waals surface area contributed by atoms with E-state index >= 15 is 0 Å². The average Bonchev–Trinajstić information content (AvgIpc) is 3.06. The zero-order valence-electron chi connectivity index (χ0n) is 12.9. The fraction of sp³-hybridized carbons (Fsp3) is 1.00. The van der Waals surface area contributed by atoms with Crippen molar-refractivity contribution in [2.45, 2.75) is 52.1 Å². The smallest absolute Gasteiger partial charge is 0.0278 e. The van der Waals surface area contributed by atoms with E-state index in [-0.39, 0.29) is 5.54 Å². The molecule has 0 bridgehead atoms. The van der Waals surface area contributed by atoms with Gasteiger partial charge in [-0.2, -0.15) is 0 Å². The van der Waals surface area contributed by atoms with Gasteiger partial charge in [0.15, 0.2) is 0 Å². The molecule has 1 aliphatic carbocycles. The molecule has 18 heavy (non-hydrogen) atoms. The van der Waals surface area contributed by atoms with Crippen molar-refractivity contribution in [1.82, 2.24) is 15.1 Å². The average molecular weight is 253 g/mol. The summed E-state index contributed by atoms with van der Waals surface area (Å²) in [4.78, 5) is 5.07. The molecule has 2 fully saturated rings. The topological polar surface area (TPSA) is 18.5 Å². The standard InChI is InChI=1S/C15H31N3/c1-13(15(4)6-7-15)16-12-14(2,3)18-10-8-17(5)9-11-18/h13,16H,6-12H2,1-5H3. The van der Waals surface area contributed by atoms with E-state index in [0.29, 0.717) is 11.5 Å². The Morgan fingerprint density at radius 2 is 1.72 bits per heavy atom. The molecule has 2 aliphatic rings. The first-order valence-corrected chi connectivity index (χ1v) is 7.50. The third-order valence-electron chi connectivity index (χ3n) is 5.28. The second kappa shape index (κ2) is 5.10. The molecule has 0 aromatic heterocycles. The summed E-state index contributed by atoms with van der Waals surface area (Å²) in [6.07, 6.45) is 2.80. The Morgan fingerprint density at radius 1 is 1.17 bits per heavy atom. The monoisotopic (exact) mass is 253 g/mol. The Kier molecular flexibility index (Phi) is 4.05. The van der Waals surface area contributed by atoms with Gasteiger partial charge in [0.1, 0.15) is 0 Å². The Bertz CT molecular complexity index is 275. The van der Waals surface area contributed by atoms with Crippen molar-refractivity contribution in [2.75, 3.05) is 39.8 Å². The van der Waals surface area contributed by atoms with Crippen molar-refractivity contribution in [3.63, 3.8) is 0 Å². The lowest BCUT2D eigenvalue weighted by Crippen LogP contribution is -2.58. The van der Waals surface area contributed by atoms with E-state index in [1.165, 1.54) is 39.0 Å². The third kappa shape index (κ3) is 3.25. The fourth-order valence-corrected chi connectivity index (χ4v) is 2.80. The minimum Gasteiger partial charge on any atom is -0.312 e. The lowest BCUT2D eigenvalue weighted by Gasteiger charge is -2.44. The number of likely N-dealkylation sites (N-methyl/N-ethyl adjacent to an activating group) is 1. The molecule has 3 nitrogen and oxygen atoms in total. The molecule has 0 aromatic rings. The van der Waals surface area contributed by atoms with Crippen LogP contribution in [0.25, 0.3) is 0 Å². The van der Waals surface area contributed by atoms with Crippen LogP contribution < -0.4 is 5.32 Å². The van der Waals surface area contributed by atoms with Crippen LogP contribution in [0.5, 0.6) is 0 Å². The molecular formula is C15H31N3. The SMILES string of the molecule is CC(NCC(C)(C)N1CCN(C)CC1)C1(C)CC1. The Morgan fingerprint density at radius 3 is 2.22 bits per heavy atom. The van der Waals surface area contributed by atoms with Crippen LogP contribution in [0.3, 0.4) is 0 Å². The van der Waals surface area contributed by atoms with Gasteiger partial charge >= 0.3 is 0 Å². The molecule has 3 heteroatoms. The van der Waals surface area contributed by atoms with Gasteiger partial charge in [-0.05, 0) is 46.1 Å². The van der Waals surface area contributed by atoms with Gasteiger partial charge in [0.2, 0.25) is 0 Å². The summed E-state index contributed by atoms with van der Waals surface area (Å²) >= 11 is 0. The summed E-state index contributed by atoms with van der Waals surface area (Å²) in [7, 11) is 2.22. The molecule has 0 amide bonds. The van der Waals surface area contributed by atoms with E-state index in [1.807, 2.05) is 0 Å². The molecular weight excluding hydrogens is 222 g/mol. The highest BCUT2D eigenvalue weighted by atomic mass is 15.3. The number of nitrogens with zero attached hydrogens (tertiary/aromatic N) is 2. The number of hydrogen-bond acceptors (Lipinski definition) is 3. The van der Waals surface area contributed by atoms with E-state index in [0.717, 1.165) is 6.54 Å². The van der Waals surface area contributed by atoms with E-state index < -0.39 is 0 Å². The molecule has 1 aliphatic heterocycles. The maximum absolute atomic E-state index is 3.78. The summed E-state index contributed by atoms with van der Waals surface area (Å²) in [6, 6.07) is 0.657. The summed E-state index contributed by atoms with van der Waals surface area (Å²) in [6.45, 7) is 15.5. The first-order valence-electron chi connectivity index (χ1n) is 7.50. The molecule has 0 spiro atoms. The van der Waals surface area contributed by atoms with Gasteiger partial charge in [0, 0.05) is 44.3 Å². The number of piperazine rings is 1. The maximum atomic E-state index is 3.78. The molecule has 1 unspecified atom stereocenters. The molecule has 0 aromatic carbocycles. The van der Waals surface area contributed by atoms with Crippen LogP contribution in [-0.2, 0) is 0 Å². The van der Waals surface area contributed by atoms with Gasteiger partial charge in [0.05, 0.1) is 0 Å². The van der Waals surface area contributed by atoms with Crippen LogP contribution in [-0.4, -0.2) is 61.2 Å². The maximum Gasteiger partial charge on any atom is 0.0278 e. The normalized spacial score (nSPS) is 27.2. The highest BCUT2D eigenvalue weighted by Gasteiger charge is 2.43. The molecule has 1 heterocycles. The number of hydrogen-bond donors (Lipinski definition) is 1. The van der Waals surface area contributed by atoms with Crippen LogP contribution in [0.2, 0.25) is 0 Å².